The van der Waals surface area contributed by atoms with Gasteiger partial charge in [-0.25, -0.2) is 4.79 Å². The van der Waals surface area contributed by atoms with Gasteiger partial charge in [-0.05, 0) is 37.6 Å². The maximum Gasteiger partial charge on any atom is 0.328 e. The molecule has 0 radical (unpaired) electrons. The van der Waals surface area contributed by atoms with Gasteiger partial charge >= 0.3 is 5.69 Å². The van der Waals surface area contributed by atoms with Crippen LogP contribution in [0.4, 0.5) is 11.4 Å². The van der Waals surface area contributed by atoms with E-state index in [9.17, 15) is 14.4 Å². The number of aromatic nitrogens is 2. The third-order valence-corrected chi connectivity index (χ3v) is 3.03. The molecule has 1 amide bonds. The van der Waals surface area contributed by atoms with Crippen LogP contribution in [0.25, 0.3) is 0 Å². The number of nitrogens with zero attached hydrogens (tertiary/aromatic N) is 1. The zero-order chi connectivity index (χ0) is 15.6. The maximum atomic E-state index is 12.0. The van der Waals surface area contributed by atoms with E-state index in [0.29, 0.717) is 16.9 Å². The van der Waals surface area contributed by atoms with Gasteiger partial charge in [-0.2, -0.15) is 0 Å². The van der Waals surface area contributed by atoms with Crippen LogP contribution in [0.5, 0.6) is 0 Å². The van der Waals surface area contributed by atoms with Gasteiger partial charge in [0, 0.05) is 23.1 Å². The van der Waals surface area contributed by atoms with Crippen LogP contribution in [0.1, 0.15) is 11.1 Å². The highest BCUT2D eigenvalue weighted by Gasteiger charge is 2.08. The lowest BCUT2D eigenvalue weighted by Crippen LogP contribution is -2.34. The van der Waals surface area contributed by atoms with Crippen LogP contribution >= 0.6 is 0 Å². The number of aromatic amines is 1. The molecule has 1 heterocycles. The first-order valence-corrected chi connectivity index (χ1v) is 6.33. The molecular formula is C14H16N4O3. The third-order valence-electron chi connectivity index (χ3n) is 3.03. The number of benzene rings is 1. The standard InChI is InChI=1S/C14H16N4O3/c1-8-5-10(15)3-4-11(8)16-12(19)7-18-6-9(2)13(20)17-14(18)21/h3-6H,7,15H2,1-2H3,(H,16,19)(H,17,20,21). The molecule has 1 aromatic heterocycles. The minimum absolute atomic E-state index is 0.180. The number of nitrogens with one attached hydrogen (secondary N) is 2. The number of hydrogen-bond donors (Lipinski definition) is 3. The first-order chi connectivity index (χ1) is 9.86. The molecule has 0 aliphatic heterocycles. The van der Waals surface area contributed by atoms with Gasteiger partial charge in [0.15, 0.2) is 0 Å². The molecule has 1 aromatic carbocycles. The molecule has 7 nitrogen and oxygen atoms in total. The normalized spacial score (nSPS) is 10.4. The molecule has 0 unspecified atom stereocenters. The van der Waals surface area contributed by atoms with Crippen molar-refractivity contribution in [2.75, 3.05) is 11.1 Å². The van der Waals surface area contributed by atoms with Gasteiger partial charge in [0.2, 0.25) is 5.91 Å². The molecule has 0 fully saturated rings. The molecule has 7 heteroatoms. The Labute approximate surface area is 120 Å². The molecule has 0 atom stereocenters. The first-order valence-electron chi connectivity index (χ1n) is 6.33. The van der Waals surface area contributed by atoms with E-state index < -0.39 is 11.2 Å². The number of hydrogen-bond acceptors (Lipinski definition) is 4. The van der Waals surface area contributed by atoms with Crippen LogP contribution in [-0.4, -0.2) is 15.5 Å². The molecule has 0 saturated carbocycles. The fraction of sp³-hybridized carbons (Fsp3) is 0.214. The Bertz CT molecular complexity index is 805. The Kier molecular flexibility index (Phi) is 3.93. The minimum atomic E-state index is -0.616. The van der Waals surface area contributed by atoms with Gasteiger partial charge in [0.05, 0.1) is 0 Å². The van der Waals surface area contributed by atoms with Crippen molar-refractivity contribution in [2.45, 2.75) is 20.4 Å². The van der Waals surface area contributed by atoms with E-state index in [1.54, 1.807) is 25.1 Å². The van der Waals surface area contributed by atoms with E-state index >= 15 is 0 Å². The Morgan fingerprint density at radius 3 is 2.67 bits per heavy atom. The van der Waals surface area contributed by atoms with E-state index in [-0.39, 0.29) is 12.5 Å². The van der Waals surface area contributed by atoms with Crippen molar-refractivity contribution >= 4 is 17.3 Å². The molecule has 0 bridgehead atoms. The first kappa shape index (κ1) is 14.6. The van der Waals surface area contributed by atoms with Crippen molar-refractivity contribution < 1.29 is 4.79 Å². The van der Waals surface area contributed by atoms with Crippen LogP contribution in [0.15, 0.2) is 34.0 Å². The minimum Gasteiger partial charge on any atom is -0.399 e. The van der Waals surface area contributed by atoms with E-state index in [1.807, 2.05) is 6.92 Å². The largest absolute Gasteiger partial charge is 0.399 e. The average Bonchev–Trinajstić information content (AvgIpc) is 2.39. The van der Waals surface area contributed by atoms with Gasteiger partial charge in [-0.15, -0.1) is 0 Å². The molecule has 0 aliphatic carbocycles. The number of anilines is 2. The fourth-order valence-electron chi connectivity index (χ4n) is 1.91. The number of aryl methyl sites for hydroxylation is 2. The molecule has 110 valence electrons. The number of nitrogens with two attached hydrogens (primary N) is 1. The Morgan fingerprint density at radius 2 is 2.00 bits per heavy atom. The third kappa shape index (κ3) is 3.38. The Morgan fingerprint density at radius 1 is 1.29 bits per heavy atom. The summed E-state index contributed by atoms with van der Waals surface area (Å²) >= 11 is 0. The second kappa shape index (κ2) is 5.66. The highest BCUT2D eigenvalue weighted by Crippen LogP contribution is 2.17. The number of nitrogen functional groups attached to an aromatic ring is 1. The number of carbonyl (C=O) groups is 1. The van der Waals surface area contributed by atoms with Crippen molar-refractivity contribution in [2.24, 2.45) is 0 Å². The smallest absolute Gasteiger partial charge is 0.328 e. The van der Waals surface area contributed by atoms with E-state index in [2.05, 4.69) is 10.3 Å². The quantitative estimate of drug-likeness (QED) is 0.709. The van der Waals surface area contributed by atoms with Crippen LogP contribution < -0.4 is 22.3 Å². The number of amides is 1. The van der Waals surface area contributed by atoms with Gasteiger partial charge in [0.25, 0.3) is 5.56 Å². The van der Waals surface area contributed by atoms with Gasteiger partial charge < -0.3 is 11.1 Å². The van der Waals surface area contributed by atoms with Gasteiger partial charge in [0.1, 0.15) is 6.54 Å². The van der Waals surface area contributed by atoms with Gasteiger partial charge in [-0.1, -0.05) is 0 Å². The van der Waals surface area contributed by atoms with Crippen LogP contribution in [-0.2, 0) is 11.3 Å². The van der Waals surface area contributed by atoms with Gasteiger partial charge in [-0.3, -0.25) is 19.1 Å². The summed E-state index contributed by atoms with van der Waals surface area (Å²) in [5.74, 6) is -0.364. The molecular weight excluding hydrogens is 272 g/mol. The molecule has 21 heavy (non-hydrogen) atoms. The van der Waals surface area contributed by atoms with Crippen LogP contribution in [0.2, 0.25) is 0 Å². The topological polar surface area (TPSA) is 110 Å². The molecule has 2 rings (SSSR count). The monoisotopic (exact) mass is 288 g/mol. The summed E-state index contributed by atoms with van der Waals surface area (Å²) in [4.78, 5) is 37.0. The lowest BCUT2D eigenvalue weighted by atomic mass is 10.2. The predicted molar refractivity (Wildman–Crippen MR) is 80.3 cm³/mol. The summed E-state index contributed by atoms with van der Waals surface area (Å²) in [5.41, 5.74) is 7.00. The zero-order valence-corrected chi connectivity index (χ0v) is 11.8. The molecule has 2 aromatic rings. The highest BCUT2D eigenvalue weighted by atomic mass is 16.2. The molecule has 0 aliphatic rings. The number of H-pyrrole nitrogens is 1. The summed E-state index contributed by atoms with van der Waals surface area (Å²) in [5, 5.41) is 2.70. The summed E-state index contributed by atoms with van der Waals surface area (Å²) < 4.78 is 1.15. The van der Waals surface area contributed by atoms with Crippen LogP contribution in [0.3, 0.4) is 0 Å². The van der Waals surface area contributed by atoms with Crippen LogP contribution in [0, 0.1) is 13.8 Å². The average molecular weight is 288 g/mol. The summed E-state index contributed by atoms with van der Waals surface area (Å²) in [6, 6.07) is 5.12. The molecule has 0 saturated heterocycles. The molecule has 4 N–H and O–H groups in total. The number of rotatable bonds is 3. The summed E-state index contributed by atoms with van der Waals surface area (Å²) in [6.07, 6.45) is 1.36. The lowest BCUT2D eigenvalue weighted by molar-refractivity contribution is -0.116. The lowest BCUT2D eigenvalue weighted by Gasteiger charge is -2.10. The van der Waals surface area contributed by atoms with Crippen molar-refractivity contribution in [1.29, 1.82) is 0 Å². The highest BCUT2D eigenvalue weighted by molar-refractivity contribution is 5.91. The van der Waals surface area contributed by atoms with E-state index in [1.165, 1.54) is 6.20 Å². The van der Waals surface area contributed by atoms with E-state index in [4.69, 9.17) is 5.73 Å². The second-order valence-electron chi connectivity index (χ2n) is 4.82. The maximum absolute atomic E-state index is 12.0. The molecule has 0 spiro atoms. The van der Waals surface area contributed by atoms with Crippen molar-refractivity contribution in [1.82, 2.24) is 9.55 Å². The summed E-state index contributed by atoms with van der Waals surface area (Å²) in [7, 11) is 0. The predicted octanol–water partition coefficient (Wildman–Crippen LogP) is 0.374. The summed E-state index contributed by atoms with van der Waals surface area (Å²) in [6.45, 7) is 3.21. The fourth-order valence-corrected chi connectivity index (χ4v) is 1.91. The van der Waals surface area contributed by atoms with Crippen molar-refractivity contribution in [3.05, 3.63) is 56.4 Å². The zero-order valence-electron chi connectivity index (χ0n) is 11.8. The Balaban J connectivity index is 2.17. The van der Waals surface area contributed by atoms with Crippen molar-refractivity contribution in [3.63, 3.8) is 0 Å². The van der Waals surface area contributed by atoms with E-state index in [0.717, 1.165) is 10.1 Å². The van der Waals surface area contributed by atoms with Crippen molar-refractivity contribution in [3.8, 4) is 0 Å². The number of carbonyl (C=O) groups excluding carboxylic acids is 1. The second-order valence-corrected chi connectivity index (χ2v) is 4.82. The SMILES string of the molecule is Cc1cc(N)ccc1NC(=O)Cn1cc(C)c(=O)[nH]c1=O. The Hall–Kier alpha value is -2.83.